The Balaban J connectivity index is 1.28. The highest BCUT2D eigenvalue weighted by Crippen LogP contribution is 2.46. The zero-order valence-electron chi connectivity index (χ0n) is 12.7. The van der Waals surface area contributed by atoms with E-state index in [0.29, 0.717) is 6.42 Å². The van der Waals surface area contributed by atoms with Crippen molar-refractivity contribution < 1.29 is 13.9 Å². The van der Waals surface area contributed by atoms with E-state index in [2.05, 4.69) is 4.98 Å². The Hall–Kier alpha value is -1.95. The molecule has 0 radical (unpaired) electrons. The Bertz CT molecular complexity index is 668. The smallest absolute Gasteiger partial charge is 0.230 e. The van der Waals surface area contributed by atoms with Crippen molar-refractivity contribution in [2.45, 2.75) is 23.7 Å². The van der Waals surface area contributed by atoms with E-state index in [1.54, 1.807) is 18.7 Å². The molecular weight excluding hydrogens is 312 g/mol. The first-order valence-corrected chi connectivity index (χ1v) is 8.72. The number of rotatable bonds is 4. The molecule has 6 heteroatoms. The van der Waals surface area contributed by atoms with Crippen LogP contribution in [0.3, 0.4) is 0 Å². The Morgan fingerprint density at radius 3 is 3.09 bits per heavy atom. The lowest BCUT2D eigenvalue weighted by atomic mass is 9.92. The molecule has 0 saturated carbocycles. The third-order valence-electron chi connectivity index (χ3n) is 4.33. The van der Waals surface area contributed by atoms with E-state index in [1.165, 1.54) is 0 Å². The fraction of sp³-hybridized carbons (Fsp3) is 0.412. The number of amides is 1. The molecule has 5 nitrogen and oxygen atoms in total. The lowest BCUT2D eigenvalue weighted by molar-refractivity contribution is -0.136. The molecule has 2 fully saturated rings. The van der Waals surface area contributed by atoms with E-state index < -0.39 is 0 Å². The number of hydrogen-bond donors (Lipinski definition) is 0. The number of carbonyl (C=O) groups is 1. The number of hydrogen-bond acceptors (Lipinski definition) is 5. The highest BCUT2D eigenvalue weighted by molar-refractivity contribution is 8.01. The van der Waals surface area contributed by atoms with Crippen molar-refractivity contribution in [2.75, 3.05) is 18.8 Å². The van der Waals surface area contributed by atoms with Gasteiger partial charge >= 0.3 is 0 Å². The number of furan rings is 1. The summed E-state index contributed by atoms with van der Waals surface area (Å²) in [6.45, 7) is 1.62. The fourth-order valence-electron chi connectivity index (χ4n) is 3.21. The fourth-order valence-corrected chi connectivity index (χ4v) is 4.73. The van der Waals surface area contributed by atoms with Gasteiger partial charge < -0.3 is 14.1 Å². The molecule has 1 spiro atoms. The van der Waals surface area contributed by atoms with Gasteiger partial charge in [0.15, 0.2) is 0 Å². The predicted molar refractivity (Wildman–Crippen MR) is 87.5 cm³/mol. The second-order valence-corrected chi connectivity index (χ2v) is 7.62. The van der Waals surface area contributed by atoms with Gasteiger partial charge in [0.1, 0.15) is 17.6 Å². The quantitative estimate of drug-likeness (QED) is 0.861. The molecule has 23 heavy (non-hydrogen) atoms. The average Bonchev–Trinajstić information content (AvgIpc) is 3.16. The Labute approximate surface area is 139 Å². The van der Waals surface area contributed by atoms with Gasteiger partial charge in [-0.1, -0.05) is 0 Å². The zero-order valence-corrected chi connectivity index (χ0v) is 13.5. The normalized spacial score (nSPS) is 22.1. The van der Waals surface area contributed by atoms with Crippen LogP contribution in [0.1, 0.15) is 12.2 Å². The molecule has 0 bridgehead atoms. The van der Waals surface area contributed by atoms with Gasteiger partial charge in [0.25, 0.3) is 0 Å². The molecule has 2 aliphatic rings. The van der Waals surface area contributed by atoms with Crippen LogP contribution in [0.25, 0.3) is 0 Å². The van der Waals surface area contributed by atoms with Gasteiger partial charge in [0, 0.05) is 31.5 Å². The van der Waals surface area contributed by atoms with Crippen LogP contribution in [0.15, 0.2) is 47.3 Å². The van der Waals surface area contributed by atoms with Crippen molar-refractivity contribution in [3.8, 4) is 5.75 Å². The van der Waals surface area contributed by atoms with E-state index in [9.17, 15) is 4.79 Å². The van der Waals surface area contributed by atoms with Crippen molar-refractivity contribution in [3.63, 3.8) is 0 Å². The molecule has 1 atom stereocenters. The van der Waals surface area contributed by atoms with Crippen LogP contribution in [0.5, 0.6) is 5.75 Å². The van der Waals surface area contributed by atoms with Crippen LogP contribution in [0.2, 0.25) is 0 Å². The summed E-state index contributed by atoms with van der Waals surface area (Å²) in [5.41, 5.74) is 0. The third kappa shape index (κ3) is 3.08. The molecule has 4 rings (SSSR count). The first kappa shape index (κ1) is 14.6. The minimum absolute atomic E-state index is 0.141. The van der Waals surface area contributed by atoms with E-state index in [1.807, 2.05) is 40.9 Å². The Morgan fingerprint density at radius 1 is 1.43 bits per heavy atom. The molecule has 2 saturated heterocycles. The van der Waals surface area contributed by atoms with Crippen LogP contribution in [0, 0.1) is 0 Å². The highest BCUT2D eigenvalue weighted by Gasteiger charge is 2.51. The number of carbonyl (C=O) groups excluding carboxylic acids is 1. The molecule has 2 aromatic rings. The molecule has 0 aromatic carbocycles. The van der Waals surface area contributed by atoms with Crippen molar-refractivity contribution in [1.29, 1.82) is 0 Å². The van der Waals surface area contributed by atoms with Gasteiger partial charge in [-0.15, -0.1) is 11.8 Å². The summed E-state index contributed by atoms with van der Waals surface area (Å²) < 4.78 is 11.4. The second kappa shape index (κ2) is 5.92. The van der Waals surface area contributed by atoms with Crippen molar-refractivity contribution in [2.24, 2.45) is 0 Å². The van der Waals surface area contributed by atoms with Crippen LogP contribution in [0.4, 0.5) is 0 Å². The summed E-state index contributed by atoms with van der Waals surface area (Å²) in [6, 6.07) is 7.47. The molecule has 1 amide bonds. The number of ether oxygens (including phenoxy) is 1. The first-order chi connectivity index (χ1) is 11.2. The summed E-state index contributed by atoms with van der Waals surface area (Å²) in [5.74, 6) is 2.66. The lowest BCUT2D eigenvalue weighted by Gasteiger charge is -2.47. The second-order valence-electron chi connectivity index (χ2n) is 6.13. The van der Waals surface area contributed by atoms with Crippen LogP contribution >= 0.6 is 11.8 Å². The summed E-state index contributed by atoms with van der Waals surface area (Å²) in [6.07, 6.45) is 6.63. The maximum atomic E-state index is 12.2. The van der Waals surface area contributed by atoms with E-state index in [4.69, 9.17) is 9.15 Å². The van der Waals surface area contributed by atoms with E-state index in [0.717, 1.165) is 36.8 Å². The van der Waals surface area contributed by atoms with E-state index >= 15 is 0 Å². The SMILES string of the molecule is O=C(Cc1ccco1)N1CC2(CC(Oc3cccnc3)CS2)C1. The molecule has 0 N–H and O–H groups in total. The molecule has 2 aromatic heterocycles. The Morgan fingerprint density at radius 2 is 2.35 bits per heavy atom. The molecule has 120 valence electrons. The minimum atomic E-state index is 0.141. The summed E-state index contributed by atoms with van der Waals surface area (Å²) in [7, 11) is 0. The van der Waals surface area contributed by atoms with Gasteiger partial charge in [-0.3, -0.25) is 9.78 Å². The molecular formula is C17H18N2O3S. The lowest BCUT2D eigenvalue weighted by Crippen LogP contribution is -2.61. The predicted octanol–water partition coefficient (Wildman–Crippen LogP) is 2.38. The molecule has 1 unspecified atom stereocenters. The van der Waals surface area contributed by atoms with Crippen molar-refractivity contribution in [3.05, 3.63) is 48.7 Å². The zero-order chi connectivity index (χ0) is 15.7. The molecule has 0 aliphatic carbocycles. The van der Waals surface area contributed by atoms with Crippen LogP contribution < -0.4 is 4.74 Å². The van der Waals surface area contributed by atoms with Gasteiger partial charge in [-0.25, -0.2) is 0 Å². The van der Waals surface area contributed by atoms with Crippen molar-refractivity contribution in [1.82, 2.24) is 9.88 Å². The maximum absolute atomic E-state index is 12.2. The summed E-state index contributed by atoms with van der Waals surface area (Å²) >= 11 is 1.93. The number of nitrogens with zero attached hydrogens (tertiary/aromatic N) is 2. The number of likely N-dealkylation sites (tertiary alicyclic amines) is 1. The standard InChI is InChI=1S/C17H18N2O3S/c20-16(7-13-4-2-6-21-13)19-11-17(12-19)8-15(10-23-17)22-14-3-1-5-18-9-14/h1-6,9,15H,7-8,10-12H2. The monoisotopic (exact) mass is 330 g/mol. The van der Waals surface area contributed by atoms with Gasteiger partial charge in [-0.2, -0.15) is 0 Å². The number of pyridine rings is 1. The highest BCUT2D eigenvalue weighted by atomic mass is 32.2. The average molecular weight is 330 g/mol. The topological polar surface area (TPSA) is 55.6 Å². The molecule has 2 aliphatic heterocycles. The van der Waals surface area contributed by atoms with Gasteiger partial charge in [-0.05, 0) is 24.3 Å². The first-order valence-electron chi connectivity index (χ1n) is 7.73. The van der Waals surface area contributed by atoms with Gasteiger partial charge in [0.05, 0.1) is 23.6 Å². The van der Waals surface area contributed by atoms with Crippen LogP contribution in [-0.2, 0) is 11.2 Å². The Kier molecular flexibility index (Phi) is 3.77. The van der Waals surface area contributed by atoms with Crippen molar-refractivity contribution >= 4 is 17.7 Å². The summed E-state index contributed by atoms with van der Waals surface area (Å²) in [5, 5.41) is 0. The summed E-state index contributed by atoms with van der Waals surface area (Å²) in [4.78, 5) is 18.2. The van der Waals surface area contributed by atoms with E-state index in [-0.39, 0.29) is 16.8 Å². The number of aromatic nitrogens is 1. The minimum Gasteiger partial charge on any atom is -0.488 e. The van der Waals surface area contributed by atoms with Crippen LogP contribution in [-0.4, -0.2) is 45.5 Å². The third-order valence-corrected chi connectivity index (χ3v) is 5.90. The molecule has 4 heterocycles. The maximum Gasteiger partial charge on any atom is 0.230 e. The largest absolute Gasteiger partial charge is 0.488 e. The number of thioether (sulfide) groups is 1. The van der Waals surface area contributed by atoms with Gasteiger partial charge in [0.2, 0.25) is 5.91 Å².